The number of tetrazole rings is 1. The predicted molar refractivity (Wildman–Crippen MR) is 496 cm³/mol. The Hall–Kier alpha value is -13.6. The summed E-state index contributed by atoms with van der Waals surface area (Å²) in [5.41, 5.74) is 20.1. The number of hydrogen-bond donors (Lipinski definition) is 21. The van der Waals surface area contributed by atoms with Gasteiger partial charge in [0.25, 0.3) is 0 Å². The van der Waals surface area contributed by atoms with Crippen LogP contribution < -0.4 is 75.7 Å². The van der Waals surface area contributed by atoms with Crippen LogP contribution in [0.1, 0.15) is 158 Å². The van der Waals surface area contributed by atoms with E-state index < -0.39 is 205 Å². The van der Waals surface area contributed by atoms with Gasteiger partial charge in [-0.15, -0.1) is 16.9 Å². The Labute approximate surface area is 784 Å². The van der Waals surface area contributed by atoms with E-state index in [0.717, 1.165) is 26.2 Å². The van der Waals surface area contributed by atoms with E-state index in [4.69, 9.17) is 22.6 Å². The number of aromatic hydroxyl groups is 1. The van der Waals surface area contributed by atoms with Crippen LogP contribution in [0.3, 0.4) is 0 Å². The third-order valence-corrected chi connectivity index (χ3v) is 24.7. The maximum absolute atomic E-state index is 15.8. The number of benzene rings is 3. The second-order valence-electron chi connectivity index (χ2n) is 34.4. The number of aromatic nitrogens is 8. The predicted octanol–water partition coefficient (Wildman–Crippen LogP) is -2.18. The number of nitrogens with one attached hydrogen (secondary N) is 15. The normalized spacial score (nSPS) is 23.7. The number of para-hydroxylation sites is 2. The molecular weight excluding hydrogens is 1770 g/mol. The average Bonchev–Trinajstić information content (AvgIpc) is 1.76. The highest BCUT2D eigenvalue weighted by molar-refractivity contribution is 8.00. The summed E-state index contributed by atoms with van der Waals surface area (Å²) in [6.45, 7) is 6.22. The summed E-state index contributed by atoms with van der Waals surface area (Å²) in [7, 11) is 4.18. The molecule has 135 heavy (non-hydrogen) atoms. The van der Waals surface area contributed by atoms with E-state index in [-0.39, 0.29) is 113 Å². The molecule has 2 aliphatic rings. The van der Waals surface area contributed by atoms with Gasteiger partial charge < -0.3 is 121 Å². The minimum atomic E-state index is -1.83. The smallest absolute Gasteiger partial charge is 0.246 e. The number of phenols is 1. The average molecular weight is 1900 g/mol. The number of likely N-dealkylation sites (N-methyl/N-ethyl adjacent to an activating group) is 3. The first-order chi connectivity index (χ1) is 64.5. The number of hydrogen-bond acceptors (Lipinski definition) is 25. The third-order valence-electron chi connectivity index (χ3n) is 23.7. The maximum Gasteiger partial charge on any atom is 0.246 e. The topological polar surface area (TPSA) is 668 Å². The van der Waals surface area contributed by atoms with Crippen molar-refractivity contribution >= 4 is 128 Å². The number of carbonyl (C=O) groups is 15. The van der Waals surface area contributed by atoms with Gasteiger partial charge in [0.15, 0.2) is 11.8 Å². The fourth-order valence-corrected chi connectivity index (χ4v) is 17.2. The molecule has 6 heterocycles. The summed E-state index contributed by atoms with van der Waals surface area (Å²) in [4.78, 5) is 237. The van der Waals surface area contributed by atoms with Crippen molar-refractivity contribution in [1.82, 2.24) is 118 Å². The summed E-state index contributed by atoms with van der Waals surface area (Å²) in [6, 6.07) is 1.03. The number of phenolic OH excluding ortho intramolecular Hbond substituents is 1. The van der Waals surface area contributed by atoms with Crippen molar-refractivity contribution in [2.45, 2.75) is 229 Å². The van der Waals surface area contributed by atoms with E-state index in [1.165, 1.54) is 62.5 Å². The second-order valence-corrected chi connectivity index (χ2v) is 35.4. The highest BCUT2D eigenvalue weighted by Gasteiger charge is 2.44. The van der Waals surface area contributed by atoms with Crippen molar-refractivity contribution in [2.24, 2.45) is 23.1 Å². The molecule has 0 radical (unpaired) electrons. The first kappa shape index (κ1) is 105. The molecule has 14 atom stereocenters. The van der Waals surface area contributed by atoms with Gasteiger partial charge in [0.05, 0.1) is 56.3 Å². The van der Waals surface area contributed by atoms with Crippen LogP contribution in [0, 0.1) is 11.3 Å². The Morgan fingerprint density at radius 3 is 1.82 bits per heavy atom. The number of aromatic amines is 3. The van der Waals surface area contributed by atoms with Crippen LogP contribution in [-0.2, 0) is 97.6 Å². The number of imidazole rings is 1. The Kier molecular flexibility index (Phi) is 39.7. The number of amides is 15. The highest BCUT2D eigenvalue weighted by Crippen LogP contribution is 2.28. The summed E-state index contributed by atoms with van der Waals surface area (Å²) in [6.07, 6.45) is 5.32. The van der Waals surface area contributed by atoms with Crippen LogP contribution in [-0.4, -0.2) is 308 Å². The number of guanidine groups is 1. The number of carbonyl (C=O) groups excluding carboxylic acids is 15. The van der Waals surface area contributed by atoms with E-state index in [0.29, 0.717) is 76.3 Å². The van der Waals surface area contributed by atoms with Gasteiger partial charge in [-0.3, -0.25) is 82.2 Å². The zero-order valence-electron chi connectivity index (χ0n) is 77.0. The van der Waals surface area contributed by atoms with Gasteiger partial charge >= 0.3 is 0 Å². The van der Waals surface area contributed by atoms with E-state index >= 15 is 24.0 Å². The lowest BCUT2D eigenvalue weighted by Gasteiger charge is -2.41. The molecule has 0 aliphatic carbocycles. The van der Waals surface area contributed by atoms with Crippen LogP contribution in [0.5, 0.6) is 5.75 Å². The molecule has 45 nitrogen and oxygen atoms in total. The monoisotopic (exact) mass is 1890 g/mol. The number of nitrogens with two attached hydrogens (primary N) is 3. The molecule has 4 aromatic heterocycles. The lowest BCUT2D eigenvalue weighted by molar-refractivity contribution is -0.147. The molecular formula is C89H127N27O18S. The van der Waals surface area contributed by atoms with Crippen LogP contribution >= 0.6 is 11.8 Å². The van der Waals surface area contributed by atoms with Gasteiger partial charge in [0.2, 0.25) is 88.6 Å². The Morgan fingerprint density at radius 1 is 0.607 bits per heavy atom. The van der Waals surface area contributed by atoms with Crippen molar-refractivity contribution in [3.05, 3.63) is 126 Å². The molecule has 24 N–H and O–H groups in total. The molecule has 9 rings (SSSR count). The van der Waals surface area contributed by atoms with Crippen LogP contribution in [0.25, 0.3) is 21.8 Å². The molecule has 1 saturated heterocycles. The van der Waals surface area contributed by atoms with Gasteiger partial charge in [0.1, 0.15) is 72.4 Å². The molecule has 0 bridgehead atoms. The first-order valence-electron chi connectivity index (χ1n) is 45.1. The van der Waals surface area contributed by atoms with Crippen LogP contribution in [0.2, 0.25) is 0 Å². The largest absolute Gasteiger partial charge is 0.508 e. The number of primary amides is 2. The van der Waals surface area contributed by atoms with Gasteiger partial charge in [-0.2, -0.15) is 0 Å². The van der Waals surface area contributed by atoms with Gasteiger partial charge in [-0.25, -0.2) is 9.67 Å². The number of aliphatic hydroxyl groups excluding tert-OH is 2. The number of thioether (sulfide) groups is 1. The Bertz CT molecular complexity index is 5260. The van der Waals surface area contributed by atoms with Crippen molar-refractivity contribution in [3.8, 4) is 5.75 Å². The highest BCUT2D eigenvalue weighted by atomic mass is 32.2. The Morgan fingerprint density at radius 2 is 1.20 bits per heavy atom. The number of nitrogens with zero attached hydrogens (tertiary/aromatic N) is 9. The standard InChI is InChI=1S/C89H127N27O18S/c1-9-11-25-69-83(129)102-60(24-17-18-32-95-89(92)93)79(125)108-68(78(124)98-43-73(91)120)46-135-47-75(122)100-61(35-51-28-30-55(118)31-29-51)76-109-110-111-116(76)50(5)77(123)104-66(39-72(90)119)87(133)115-33-19-27-70(115)84(130)103-63(38-54-42-94-48-99-54)81(127)105-64(34-49(3)4)85(131)112(6)44-74(121)101-62(36-52-40-96-58-22-15-13-20-56(52)58)80(126)107-67(45-117)82(128)106-65(37-53-41-97-59-23-16-14-21-57(53)59)86(132)114(8)71(26-12-10-2)88(134)113(69)7/h13-16,20-23,28-31,40-42,48-50,60-71,88,96-97,117-118,134H,9-12,17-19,24-27,32-39,43-47H2,1-8H3,(H2,90,119)(H2,91,120)(H,94,99)(H,98,124)(H,100,122)(H,101,121)(H,102,129)(H,103,130)(H,104,123)(H,105,127)(H,106,128)(H,107,126)(H,108,125)(H4,92,93,95)/t50-,60-,61-,62-,63-,64-,65-,66-,67-,68-,69-,70-,71-,88?/m0/s1. The quantitative estimate of drug-likeness (QED) is 0.0148. The maximum atomic E-state index is 15.8. The number of unbranched alkanes of at least 4 members (excludes halogenated alkanes) is 3. The lowest BCUT2D eigenvalue weighted by Crippen LogP contribution is -2.62. The molecule has 15 amide bonds. The van der Waals surface area contributed by atoms with Crippen molar-refractivity contribution < 1.29 is 87.2 Å². The zero-order valence-corrected chi connectivity index (χ0v) is 77.8. The molecule has 732 valence electrons. The summed E-state index contributed by atoms with van der Waals surface area (Å²) >= 11 is 0.831. The van der Waals surface area contributed by atoms with Gasteiger partial charge in [-0.05, 0) is 123 Å². The molecule has 0 spiro atoms. The molecule has 0 saturated carbocycles. The van der Waals surface area contributed by atoms with E-state index in [1.807, 2.05) is 13.8 Å². The third kappa shape index (κ3) is 30.2. The minimum absolute atomic E-state index is 0.0140. The summed E-state index contributed by atoms with van der Waals surface area (Å²) < 4.78 is 1.04. The number of aliphatic hydroxyl groups is 2. The van der Waals surface area contributed by atoms with Crippen LogP contribution in [0.4, 0.5) is 0 Å². The number of rotatable bonds is 27. The van der Waals surface area contributed by atoms with Crippen molar-refractivity contribution in [1.29, 1.82) is 5.41 Å². The summed E-state index contributed by atoms with van der Waals surface area (Å²) in [5.74, 6) is -15.3. The number of fused-ring (bicyclic) bond motifs is 4. The Balaban J connectivity index is 1.09. The van der Waals surface area contributed by atoms with Crippen LogP contribution in [0.15, 0.2) is 97.7 Å². The van der Waals surface area contributed by atoms with E-state index in [1.54, 1.807) is 86.9 Å². The number of H-pyrrole nitrogens is 3. The fraction of sp³-hybridized carbons (Fsp3) is 0.528. The SMILES string of the molecule is CCCC[C@H]1C(O)N(C)[C@@H](CCCC)C(=O)N[C@@H](CCCCNC(=N)N)C(=O)N[C@H](C(=O)NCC(N)=O)CSCC(=O)N[C@@H](Cc2ccc(O)cc2)c2nnnn2[C@@H](C)C(=O)N[C@@H](CC(N)=O)C(=O)N2CCC[C@H]2C(=O)N[C@@H](Cc2cnc[nH]2)C(=O)N[C@@H](CC(C)C)C(=O)N(C)CC(=O)N[C@@H](Cc2c[nH]c3ccccc23)C(=O)N[C@@H](CO)C(=O)N[C@@H](Cc2c[nH]c3ccccc23)C(=O)N1C. The van der Waals surface area contributed by atoms with Gasteiger partial charge in [-0.1, -0.05) is 102 Å². The lowest BCUT2D eigenvalue weighted by atomic mass is 9.99. The molecule has 46 heteroatoms. The fourth-order valence-electron chi connectivity index (χ4n) is 16.4. The van der Waals surface area contributed by atoms with Crippen molar-refractivity contribution in [2.75, 3.05) is 65.4 Å². The molecule has 7 aromatic rings. The second kappa shape index (κ2) is 51.0. The zero-order chi connectivity index (χ0) is 98.3. The van der Waals surface area contributed by atoms with Gasteiger partial charge in [0, 0.05) is 105 Å². The first-order valence-corrected chi connectivity index (χ1v) is 46.3. The van der Waals surface area contributed by atoms with E-state index in [9.17, 15) is 63.3 Å². The molecule has 3 aromatic carbocycles. The van der Waals surface area contributed by atoms with Crippen molar-refractivity contribution in [3.63, 3.8) is 0 Å². The molecule has 1 unspecified atom stereocenters. The molecule has 2 aliphatic heterocycles. The van der Waals surface area contributed by atoms with E-state index in [2.05, 4.69) is 93.9 Å². The minimum Gasteiger partial charge on any atom is -0.508 e. The molecule has 1 fully saturated rings. The summed E-state index contributed by atoms with van der Waals surface area (Å²) in [5, 5.41) is 85.3.